The molecule has 4 aromatic rings. The van der Waals surface area contributed by atoms with Gasteiger partial charge in [-0.25, -0.2) is 9.97 Å². The summed E-state index contributed by atoms with van der Waals surface area (Å²) in [6.45, 7) is 2.10. The lowest BCUT2D eigenvalue weighted by Gasteiger charge is -2.13. The third-order valence-electron chi connectivity index (χ3n) is 5.34. The summed E-state index contributed by atoms with van der Waals surface area (Å²) >= 11 is 0. The second-order valence-electron chi connectivity index (χ2n) is 7.37. The monoisotopic (exact) mass is 381 g/mol. The van der Waals surface area contributed by atoms with E-state index in [2.05, 4.69) is 47.2 Å². The zero-order chi connectivity index (χ0) is 20.2. The Bertz CT molecular complexity index is 1190. The minimum Gasteiger partial charge on any atom is -0.332 e. The molecule has 144 valence electrons. The Balaban J connectivity index is 1.81. The molecule has 0 aliphatic carbocycles. The Morgan fingerprint density at radius 2 is 1.93 bits per heavy atom. The largest absolute Gasteiger partial charge is 0.332 e. The van der Waals surface area contributed by atoms with Crippen molar-refractivity contribution in [2.24, 2.45) is 7.05 Å². The van der Waals surface area contributed by atoms with Crippen molar-refractivity contribution in [2.45, 2.75) is 32.6 Å². The van der Waals surface area contributed by atoms with E-state index in [1.165, 1.54) is 27.6 Å². The van der Waals surface area contributed by atoms with Crippen molar-refractivity contribution >= 4 is 10.9 Å². The van der Waals surface area contributed by atoms with Gasteiger partial charge in [0, 0.05) is 31.2 Å². The summed E-state index contributed by atoms with van der Waals surface area (Å²) in [4.78, 5) is 13.4. The highest BCUT2D eigenvalue weighted by Crippen LogP contribution is 2.28. The molecule has 0 spiro atoms. The number of aromatic nitrogens is 4. The number of nitrogens with zero attached hydrogens (tertiary/aromatic N) is 5. The fraction of sp³-hybridized carbons (Fsp3) is 0.250. The van der Waals surface area contributed by atoms with Gasteiger partial charge in [-0.3, -0.25) is 4.98 Å². The van der Waals surface area contributed by atoms with Gasteiger partial charge in [-0.15, -0.1) is 0 Å². The summed E-state index contributed by atoms with van der Waals surface area (Å²) in [6, 6.07) is 12.9. The number of hydrogen-bond acceptors (Lipinski definition) is 4. The molecule has 0 N–H and O–H groups in total. The van der Waals surface area contributed by atoms with E-state index in [0.29, 0.717) is 6.42 Å². The van der Waals surface area contributed by atoms with Crippen molar-refractivity contribution < 1.29 is 0 Å². The topological polar surface area (TPSA) is 67.4 Å². The van der Waals surface area contributed by atoms with E-state index < -0.39 is 0 Å². The van der Waals surface area contributed by atoms with Crippen LogP contribution in [0.3, 0.4) is 0 Å². The van der Waals surface area contributed by atoms with Gasteiger partial charge in [0.2, 0.25) is 0 Å². The zero-order valence-corrected chi connectivity index (χ0v) is 16.8. The summed E-state index contributed by atoms with van der Waals surface area (Å²) < 4.78 is 1.99. The highest BCUT2D eigenvalue weighted by atomic mass is 15.0. The summed E-state index contributed by atoms with van der Waals surface area (Å²) in [7, 11) is 1.99. The Labute approximate surface area is 170 Å². The van der Waals surface area contributed by atoms with Gasteiger partial charge in [0.05, 0.1) is 35.5 Å². The summed E-state index contributed by atoms with van der Waals surface area (Å²) in [5, 5.41) is 10.2. The number of nitriles is 1. The maximum Gasteiger partial charge on any atom is 0.0948 e. The summed E-state index contributed by atoms with van der Waals surface area (Å²) in [5.74, 6) is 0. The maximum absolute atomic E-state index is 8.99. The molecule has 0 radical (unpaired) electrons. The molecule has 0 aliphatic rings. The number of pyridine rings is 2. The quantitative estimate of drug-likeness (QED) is 0.490. The number of hydrogen-bond donors (Lipinski definition) is 0. The van der Waals surface area contributed by atoms with Gasteiger partial charge >= 0.3 is 0 Å². The smallest absolute Gasteiger partial charge is 0.0948 e. The fourth-order valence-corrected chi connectivity index (χ4v) is 3.72. The SMILES string of the molecule is Cc1cc2nc(-c3cncn3C)cc(CCc3cccnc3)c2cc1CCC#N. The van der Waals surface area contributed by atoms with Crippen LogP contribution in [0.5, 0.6) is 0 Å². The lowest BCUT2D eigenvalue weighted by Crippen LogP contribution is -2.00. The normalized spacial score (nSPS) is 10.9. The van der Waals surface area contributed by atoms with Gasteiger partial charge in [0.1, 0.15) is 0 Å². The predicted octanol–water partition coefficient (Wildman–Crippen LogP) is 4.58. The maximum atomic E-state index is 8.99. The van der Waals surface area contributed by atoms with E-state index in [0.717, 1.165) is 36.2 Å². The molecule has 0 saturated carbocycles. The average molecular weight is 381 g/mol. The first-order chi connectivity index (χ1) is 14.2. The van der Waals surface area contributed by atoms with Crippen LogP contribution in [0.15, 0.2) is 55.2 Å². The highest BCUT2D eigenvalue weighted by Gasteiger charge is 2.12. The molecule has 1 aromatic carbocycles. The van der Waals surface area contributed by atoms with Gasteiger partial charge in [0.25, 0.3) is 0 Å². The molecule has 0 bridgehead atoms. The average Bonchev–Trinajstić information content (AvgIpc) is 3.17. The van der Waals surface area contributed by atoms with Crippen molar-refractivity contribution in [3.05, 3.63) is 77.5 Å². The van der Waals surface area contributed by atoms with Crippen LogP contribution < -0.4 is 0 Å². The first-order valence-corrected chi connectivity index (χ1v) is 9.81. The van der Waals surface area contributed by atoms with Gasteiger partial charge in [-0.2, -0.15) is 5.26 Å². The van der Waals surface area contributed by atoms with Crippen LogP contribution in [0.2, 0.25) is 0 Å². The first kappa shape index (κ1) is 18.8. The third kappa shape index (κ3) is 4.02. The van der Waals surface area contributed by atoms with E-state index in [-0.39, 0.29) is 0 Å². The van der Waals surface area contributed by atoms with Crippen LogP contribution >= 0.6 is 0 Å². The number of fused-ring (bicyclic) bond motifs is 1. The highest BCUT2D eigenvalue weighted by molar-refractivity contribution is 5.86. The molecule has 0 saturated heterocycles. The molecule has 5 heteroatoms. The number of aryl methyl sites for hydroxylation is 5. The Kier molecular flexibility index (Phi) is 5.35. The molecular weight excluding hydrogens is 358 g/mol. The van der Waals surface area contributed by atoms with E-state index >= 15 is 0 Å². The standard InChI is InChI=1S/C24H23N5/c1-17-11-22-21(12-19(17)6-3-9-25)20(8-7-18-5-4-10-26-14-18)13-23(28-22)24-15-27-16-29(24)2/h4-5,10-16H,3,6-8H2,1-2H3. The van der Waals surface area contributed by atoms with Crippen molar-refractivity contribution in [3.63, 3.8) is 0 Å². The molecule has 0 atom stereocenters. The van der Waals surface area contributed by atoms with Crippen molar-refractivity contribution in [1.29, 1.82) is 5.26 Å². The number of rotatable bonds is 6. The van der Waals surface area contributed by atoms with Gasteiger partial charge < -0.3 is 4.57 Å². The lowest BCUT2D eigenvalue weighted by molar-refractivity contribution is 0.914. The summed E-state index contributed by atoms with van der Waals surface area (Å²) in [5.41, 5.74) is 7.80. The fourth-order valence-electron chi connectivity index (χ4n) is 3.72. The molecule has 29 heavy (non-hydrogen) atoms. The zero-order valence-electron chi connectivity index (χ0n) is 16.8. The van der Waals surface area contributed by atoms with Crippen LogP contribution in [0.1, 0.15) is 28.7 Å². The third-order valence-corrected chi connectivity index (χ3v) is 5.34. The minimum absolute atomic E-state index is 0.526. The Hall–Kier alpha value is -3.52. The predicted molar refractivity (Wildman–Crippen MR) is 114 cm³/mol. The molecule has 3 aromatic heterocycles. The number of imidazole rings is 1. The molecule has 0 amide bonds. The van der Waals surface area contributed by atoms with Gasteiger partial charge in [-0.1, -0.05) is 6.07 Å². The van der Waals surface area contributed by atoms with Crippen molar-refractivity contribution in [3.8, 4) is 17.5 Å². The van der Waals surface area contributed by atoms with Crippen LogP contribution in [-0.4, -0.2) is 19.5 Å². The lowest BCUT2D eigenvalue weighted by atomic mass is 9.95. The minimum atomic E-state index is 0.526. The van der Waals surface area contributed by atoms with Crippen molar-refractivity contribution in [2.75, 3.05) is 0 Å². The van der Waals surface area contributed by atoms with Gasteiger partial charge in [0.15, 0.2) is 0 Å². The van der Waals surface area contributed by atoms with Crippen LogP contribution in [0, 0.1) is 18.3 Å². The molecule has 4 rings (SSSR count). The molecule has 0 unspecified atom stereocenters. The Morgan fingerprint density at radius 1 is 1.03 bits per heavy atom. The molecule has 0 fully saturated rings. The van der Waals surface area contributed by atoms with E-state index in [9.17, 15) is 0 Å². The number of benzene rings is 1. The van der Waals surface area contributed by atoms with E-state index in [1.54, 1.807) is 12.5 Å². The van der Waals surface area contributed by atoms with Crippen LogP contribution in [-0.2, 0) is 26.3 Å². The van der Waals surface area contributed by atoms with E-state index in [4.69, 9.17) is 10.2 Å². The molecule has 3 heterocycles. The van der Waals surface area contributed by atoms with Gasteiger partial charge in [-0.05, 0) is 72.7 Å². The second kappa shape index (κ2) is 8.24. The molecular formula is C24H23N5. The molecule has 0 aliphatic heterocycles. The summed E-state index contributed by atoms with van der Waals surface area (Å²) in [6.07, 6.45) is 10.5. The van der Waals surface area contributed by atoms with Crippen LogP contribution in [0.4, 0.5) is 0 Å². The van der Waals surface area contributed by atoms with E-state index in [1.807, 2.05) is 30.1 Å². The van der Waals surface area contributed by atoms with Crippen LogP contribution in [0.25, 0.3) is 22.3 Å². The first-order valence-electron chi connectivity index (χ1n) is 9.81. The molecule has 5 nitrogen and oxygen atoms in total. The Morgan fingerprint density at radius 3 is 2.66 bits per heavy atom. The van der Waals surface area contributed by atoms with Crippen molar-refractivity contribution in [1.82, 2.24) is 19.5 Å². The second-order valence-corrected chi connectivity index (χ2v) is 7.37.